The summed E-state index contributed by atoms with van der Waals surface area (Å²) >= 11 is 0. The maximum Gasteiger partial charge on any atom is 0.0611 e. The molecule has 0 aromatic heterocycles. The molecule has 0 aromatic rings. The molecule has 1 unspecified atom stereocenters. The van der Waals surface area contributed by atoms with Crippen molar-refractivity contribution in [1.82, 2.24) is 0 Å². The highest BCUT2D eigenvalue weighted by molar-refractivity contribution is 4.82. The van der Waals surface area contributed by atoms with Crippen LogP contribution in [0.3, 0.4) is 0 Å². The summed E-state index contributed by atoms with van der Waals surface area (Å²) in [5, 5.41) is 9.36. The number of aliphatic hydroxyl groups excluding tert-OH is 1. The predicted octanol–water partition coefficient (Wildman–Crippen LogP) is 3.62. The van der Waals surface area contributed by atoms with E-state index in [-0.39, 0.29) is 12.1 Å². The quantitative estimate of drug-likeness (QED) is 0.532. The minimum atomic E-state index is -0.304. The Hall–Kier alpha value is -0.0800. The monoisotopic (exact) mass is 229 g/mol. The Morgan fingerprint density at radius 3 is 1.75 bits per heavy atom. The van der Waals surface area contributed by atoms with Crippen LogP contribution in [-0.4, -0.2) is 17.3 Å². The number of nitrogens with two attached hydrogens (primary N) is 1. The first-order valence-electron chi connectivity index (χ1n) is 7.08. The summed E-state index contributed by atoms with van der Waals surface area (Å²) in [7, 11) is 0. The Labute approximate surface area is 102 Å². The maximum absolute atomic E-state index is 9.36. The molecule has 0 amide bonds. The van der Waals surface area contributed by atoms with Gasteiger partial charge < -0.3 is 10.8 Å². The molecule has 0 saturated carbocycles. The molecule has 98 valence electrons. The molecule has 0 spiro atoms. The summed E-state index contributed by atoms with van der Waals surface area (Å²) in [6.45, 7) is 4.57. The average molecular weight is 229 g/mol. The van der Waals surface area contributed by atoms with Crippen molar-refractivity contribution in [3.05, 3.63) is 0 Å². The fraction of sp³-hybridized carbons (Fsp3) is 1.00. The first-order valence-corrected chi connectivity index (χ1v) is 7.08. The molecule has 0 heterocycles. The van der Waals surface area contributed by atoms with Crippen molar-refractivity contribution in [2.24, 2.45) is 5.73 Å². The molecule has 0 saturated heterocycles. The summed E-state index contributed by atoms with van der Waals surface area (Å²) in [5.41, 5.74) is 5.90. The van der Waals surface area contributed by atoms with Crippen LogP contribution < -0.4 is 5.73 Å². The molecule has 0 fully saturated rings. The van der Waals surface area contributed by atoms with E-state index < -0.39 is 0 Å². The van der Waals surface area contributed by atoms with Gasteiger partial charge in [0.2, 0.25) is 0 Å². The number of aliphatic hydroxyl groups is 1. The largest absolute Gasteiger partial charge is 0.394 e. The van der Waals surface area contributed by atoms with Crippen molar-refractivity contribution >= 4 is 0 Å². The minimum Gasteiger partial charge on any atom is -0.394 e. The summed E-state index contributed by atoms with van der Waals surface area (Å²) in [6.07, 6.45) is 11.9. The van der Waals surface area contributed by atoms with Gasteiger partial charge in [0.1, 0.15) is 0 Å². The van der Waals surface area contributed by atoms with Crippen LogP contribution in [0.25, 0.3) is 0 Å². The Morgan fingerprint density at radius 2 is 1.25 bits per heavy atom. The Morgan fingerprint density at radius 1 is 0.812 bits per heavy atom. The van der Waals surface area contributed by atoms with E-state index in [1.807, 2.05) is 0 Å². The van der Waals surface area contributed by atoms with E-state index in [0.717, 1.165) is 19.3 Å². The fourth-order valence-corrected chi connectivity index (χ4v) is 2.09. The third kappa shape index (κ3) is 8.12. The Bertz CT molecular complexity index is 150. The van der Waals surface area contributed by atoms with Crippen molar-refractivity contribution in [2.45, 2.75) is 83.6 Å². The lowest BCUT2D eigenvalue weighted by molar-refractivity contribution is 0.171. The number of hydrogen-bond donors (Lipinski definition) is 2. The average Bonchev–Trinajstić information content (AvgIpc) is 2.29. The lowest BCUT2D eigenvalue weighted by Gasteiger charge is -2.27. The second-order valence-corrected chi connectivity index (χ2v) is 5.14. The van der Waals surface area contributed by atoms with Crippen LogP contribution in [0.1, 0.15) is 78.1 Å². The van der Waals surface area contributed by atoms with Gasteiger partial charge in [0.15, 0.2) is 0 Å². The van der Waals surface area contributed by atoms with E-state index in [4.69, 9.17) is 5.73 Å². The van der Waals surface area contributed by atoms with Gasteiger partial charge in [0.25, 0.3) is 0 Å². The maximum atomic E-state index is 9.36. The molecule has 2 nitrogen and oxygen atoms in total. The highest BCUT2D eigenvalue weighted by Gasteiger charge is 2.22. The van der Waals surface area contributed by atoms with Crippen molar-refractivity contribution in [2.75, 3.05) is 6.61 Å². The summed E-state index contributed by atoms with van der Waals surface area (Å²) in [4.78, 5) is 0. The first kappa shape index (κ1) is 15.9. The fourth-order valence-electron chi connectivity index (χ4n) is 2.09. The topological polar surface area (TPSA) is 46.2 Å². The third-order valence-corrected chi connectivity index (χ3v) is 3.37. The summed E-state index contributed by atoms with van der Waals surface area (Å²) < 4.78 is 0. The Balaban J connectivity index is 3.61. The highest BCUT2D eigenvalue weighted by atomic mass is 16.3. The van der Waals surface area contributed by atoms with E-state index in [9.17, 15) is 5.11 Å². The van der Waals surface area contributed by atoms with Crippen LogP contribution in [0, 0.1) is 0 Å². The van der Waals surface area contributed by atoms with Crippen molar-refractivity contribution in [1.29, 1.82) is 0 Å². The van der Waals surface area contributed by atoms with E-state index >= 15 is 0 Å². The molecule has 0 aliphatic rings. The van der Waals surface area contributed by atoms with Crippen LogP contribution in [0.5, 0.6) is 0 Å². The van der Waals surface area contributed by atoms with Crippen molar-refractivity contribution in [3.63, 3.8) is 0 Å². The normalized spacial score (nSPS) is 15.0. The zero-order valence-electron chi connectivity index (χ0n) is 11.3. The molecule has 3 N–H and O–H groups in total. The van der Waals surface area contributed by atoms with Crippen LogP contribution >= 0.6 is 0 Å². The second kappa shape index (κ2) is 10.1. The third-order valence-electron chi connectivity index (χ3n) is 3.37. The van der Waals surface area contributed by atoms with Gasteiger partial charge in [0.05, 0.1) is 6.61 Å². The molecule has 0 bridgehead atoms. The van der Waals surface area contributed by atoms with Crippen molar-refractivity contribution < 1.29 is 5.11 Å². The lowest BCUT2D eigenvalue weighted by atomic mass is 9.88. The van der Waals surface area contributed by atoms with Gasteiger partial charge in [-0.2, -0.15) is 0 Å². The van der Waals surface area contributed by atoms with E-state index in [0.29, 0.717) is 0 Å². The minimum absolute atomic E-state index is 0.143. The van der Waals surface area contributed by atoms with Gasteiger partial charge in [-0.15, -0.1) is 0 Å². The summed E-state index contributed by atoms with van der Waals surface area (Å²) in [6, 6.07) is 0. The molecular formula is C14H31NO. The number of unbranched alkanes of at least 4 members (excludes halogenated alkanes) is 6. The van der Waals surface area contributed by atoms with E-state index in [2.05, 4.69) is 13.8 Å². The number of rotatable bonds is 11. The summed E-state index contributed by atoms with van der Waals surface area (Å²) in [5.74, 6) is 0. The van der Waals surface area contributed by atoms with Crippen LogP contribution in [0.4, 0.5) is 0 Å². The van der Waals surface area contributed by atoms with Crippen LogP contribution in [0.15, 0.2) is 0 Å². The predicted molar refractivity (Wildman–Crippen MR) is 71.5 cm³/mol. The van der Waals surface area contributed by atoms with Gasteiger partial charge >= 0.3 is 0 Å². The molecule has 1 atom stereocenters. The second-order valence-electron chi connectivity index (χ2n) is 5.14. The zero-order valence-corrected chi connectivity index (χ0v) is 11.3. The molecular weight excluding hydrogens is 198 g/mol. The molecule has 16 heavy (non-hydrogen) atoms. The van der Waals surface area contributed by atoms with Gasteiger partial charge in [-0.3, -0.25) is 0 Å². The van der Waals surface area contributed by atoms with Gasteiger partial charge in [0, 0.05) is 5.54 Å². The van der Waals surface area contributed by atoms with E-state index in [1.165, 1.54) is 44.9 Å². The number of hydrogen-bond acceptors (Lipinski definition) is 2. The highest BCUT2D eigenvalue weighted by Crippen LogP contribution is 2.19. The Kier molecular flexibility index (Phi) is 10.0. The van der Waals surface area contributed by atoms with Crippen molar-refractivity contribution in [3.8, 4) is 0 Å². The lowest BCUT2D eigenvalue weighted by Crippen LogP contribution is -2.43. The van der Waals surface area contributed by atoms with Crippen LogP contribution in [0.2, 0.25) is 0 Å². The molecule has 0 rings (SSSR count). The molecule has 2 heteroatoms. The van der Waals surface area contributed by atoms with Gasteiger partial charge in [-0.25, -0.2) is 0 Å². The molecule has 0 radical (unpaired) electrons. The molecule has 0 aliphatic carbocycles. The van der Waals surface area contributed by atoms with E-state index in [1.54, 1.807) is 0 Å². The smallest absolute Gasteiger partial charge is 0.0611 e. The van der Waals surface area contributed by atoms with Gasteiger partial charge in [-0.05, 0) is 12.8 Å². The molecule has 0 aromatic carbocycles. The molecule has 0 aliphatic heterocycles. The van der Waals surface area contributed by atoms with Crippen LogP contribution in [-0.2, 0) is 0 Å². The zero-order chi connectivity index (χ0) is 12.3. The standard InChI is InChI=1S/C14H31NO/c1-3-5-7-8-10-12-14(15,13-16)11-9-6-4-2/h16H,3-13,15H2,1-2H3. The SMILES string of the molecule is CCCCCCCC(N)(CO)CCCCC. The van der Waals surface area contributed by atoms with Gasteiger partial charge in [-0.1, -0.05) is 65.2 Å². The first-order chi connectivity index (χ1) is 7.68.